The minimum atomic E-state index is -0.350. The highest BCUT2D eigenvalue weighted by molar-refractivity contribution is 5.33. The van der Waals surface area contributed by atoms with Gasteiger partial charge in [0.25, 0.3) is 0 Å². The maximum Gasteiger partial charge on any atom is 0.115 e. The summed E-state index contributed by atoms with van der Waals surface area (Å²) in [6.45, 7) is 1.01. The predicted molar refractivity (Wildman–Crippen MR) is 58.7 cm³/mol. The van der Waals surface area contributed by atoms with Crippen molar-refractivity contribution in [2.75, 3.05) is 13.2 Å². The molecular formula is C12H17NO2. The molecule has 0 spiro atoms. The molecule has 2 rings (SSSR count). The number of nitrogens with one attached hydrogen (secondary N) is 1. The van der Waals surface area contributed by atoms with Crippen LogP contribution in [0.25, 0.3) is 0 Å². The van der Waals surface area contributed by atoms with Gasteiger partial charge in [-0.3, -0.25) is 0 Å². The van der Waals surface area contributed by atoms with Crippen LogP contribution in [0, 0.1) is 0 Å². The zero-order valence-electron chi connectivity index (χ0n) is 8.74. The lowest BCUT2D eigenvalue weighted by Crippen LogP contribution is -2.48. The third-order valence-electron chi connectivity index (χ3n) is 3.16. The number of phenolic OH excluding ortho intramolecular Hbond substituents is 1. The summed E-state index contributed by atoms with van der Waals surface area (Å²) in [5.74, 6) is 0.257. The van der Waals surface area contributed by atoms with Crippen molar-refractivity contribution in [2.24, 2.45) is 0 Å². The lowest BCUT2D eigenvalue weighted by molar-refractivity contribution is 0.131. The van der Waals surface area contributed by atoms with Crippen molar-refractivity contribution in [3.63, 3.8) is 0 Å². The summed E-state index contributed by atoms with van der Waals surface area (Å²) in [4.78, 5) is 0. The molecule has 0 radical (unpaired) electrons. The molecule has 0 aromatic heterocycles. The van der Waals surface area contributed by atoms with E-state index in [1.54, 1.807) is 12.1 Å². The van der Waals surface area contributed by atoms with Crippen LogP contribution in [0.5, 0.6) is 5.75 Å². The molecule has 1 aliphatic rings. The van der Waals surface area contributed by atoms with Crippen LogP contribution in [0.4, 0.5) is 0 Å². The van der Waals surface area contributed by atoms with Crippen molar-refractivity contribution in [1.82, 2.24) is 5.32 Å². The largest absolute Gasteiger partial charge is 0.508 e. The van der Waals surface area contributed by atoms with E-state index in [9.17, 15) is 10.2 Å². The zero-order chi connectivity index (χ0) is 10.7. The van der Waals surface area contributed by atoms with E-state index in [2.05, 4.69) is 5.32 Å². The maximum atomic E-state index is 9.54. The van der Waals surface area contributed by atoms with Crippen LogP contribution in [0.15, 0.2) is 24.3 Å². The molecule has 1 fully saturated rings. The summed E-state index contributed by atoms with van der Waals surface area (Å²) >= 11 is 0. The molecule has 3 heteroatoms. The molecule has 15 heavy (non-hydrogen) atoms. The molecule has 3 N–H and O–H groups in total. The van der Waals surface area contributed by atoms with Crippen LogP contribution in [-0.2, 0) is 5.54 Å². The Balaban J connectivity index is 2.32. The predicted octanol–water partition coefficient (Wildman–Crippen LogP) is 1.35. The van der Waals surface area contributed by atoms with E-state index in [1.807, 2.05) is 12.1 Å². The molecule has 1 aromatic carbocycles. The number of hydrogen-bond acceptors (Lipinski definition) is 3. The number of aromatic hydroxyl groups is 1. The van der Waals surface area contributed by atoms with Gasteiger partial charge < -0.3 is 15.5 Å². The topological polar surface area (TPSA) is 52.5 Å². The van der Waals surface area contributed by atoms with Crippen molar-refractivity contribution in [3.05, 3.63) is 29.8 Å². The minimum Gasteiger partial charge on any atom is -0.508 e. The molecule has 0 aliphatic carbocycles. The second kappa shape index (κ2) is 4.21. The minimum absolute atomic E-state index is 0.0798. The van der Waals surface area contributed by atoms with Gasteiger partial charge in [-0.2, -0.15) is 0 Å². The van der Waals surface area contributed by atoms with Crippen LogP contribution < -0.4 is 5.32 Å². The molecule has 1 atom stereocenters. The summed E-state index contributed by atoms with van der Waals surface area (Å²) in [6, 6.07) is 7.15. The van der Waals surface area contributed by atoms with E-state index in [1.165, 1.54) is 0 Å². The third-order valence-corrected chi connectivity index (χ3v) is 3.16. The Kier molecular flexibility index (Phi) is 2.93. The molecule has 82 valence electrons. The second-order valence-electron chi connectivity index (χ2n) is 4.17. The monoisotopic (exact) mass is 207 g/mol. The van der Waals surface area contributed by atoms with Crippen molar-refractivity contribution < 1.29 is 10.2 Å². The molecular weight excluding hydrogens is 190 g/mol. The normalized spacial score (nSPS) is 26.5. The summed E-state index contributed by atoms with van der Waals surface area (Å²) in [5, 5.41) is 22.4. The maximum absolute atomic E-state index is 9.54. The fraction of sp³-hybridized carbons (Fsp3) is 0.500. The SMILES string of the molecule is OCC1(c2cccc(O)c2)CCCCN1. The Bertz CT molecular complexity index is 332. The second-order valence-corrected chi connectivity index (χ2v) is 4.17. The highest BCUT2D eigenvalue weighted by Gasteiger charge is 2.32. The van der Waals surface area contributed by atoms with Gasteiger partial charge in [0.2, 0.25) is 0 Å². The fourth-order valence-corrected chi connectivity index (χ4v) is 2.24. The Morgan fingerprint density at radius 1 is 1.33 bits per heavy atom. The number of benzene rings is 1. The number of piperidine rings is 1. The van der Waals surface area contributed by atoms with Crippen LogP contribution in [0.2, 0.25) is 0 Å². The van der Waals surface area contributed by atoms with Gasteiger partial charge in [0, 0.05) is 0 Å². The van der Waals surface area contributed by atoms with E-state index in [4.69, 9.17) is 0 Å². The van der Waals surface area contributed by atoms with E-state index in [0.29, 0.717) is 0 Å². The first-order chi connectivity index (χ1) is 7.27. The Hall–Kier alpha value is -1.06. The molecule has 3 nitrogen and oxygen atoms in total. The standard InChI is InChI=1S/C12H17NO2/c14-9-12(6-1-2-7-13-12)10-4-3-5-11(15)8-10/h3-5,8,13-15H,1-2,6-7,9H2. The molecule has 1 aromatic rings. The van der Waals surface area contributed by atoms with Crippen LogP contribution in [0.1, 0.15) is 24.8 Å². The van der Waals surface area contributed by atoms with Gasteiger partial charge in [0.15, 0.2) is 0 Å². The Morgan fingerprint density at radius 2 is 2.20 bits per heavy atom. The number of aliphatic hydroxyl groups excluding tert-OH is 1. The summed E-state index contributed by atoms with van der Waals surface area (Å²) < 4.78 is 0. The van der Waals surface area contributed by atoms with Gasteiger partial charge >= 0.3 is 0 Å². The molecule has 1 saturated heterocycles. The number of rotatable bonds is 2. The van der Waals surface area contributed by atoms with Crippen LogP contribution in [-0.4, -0.2) is 23.4 Å². The van der Waals surface area contributed by atoms with E-state index >= 15 is 0 Å². The Labute approximate surface area is 89.8 Å². The zero-order valence-corrected chi connectivity index (χ0v) is 8.74. The molecule has 0 amide bonds. The number of hydrogen-bond donors (Lipinski definition) is 3. The molecule has 0 saturated carbocycles. The molecule has 1 heterocycles. The lowest BCUT2D eigenvalue weighted by Gasteiger charge is -2.37. The van der Waals surface area contributed by atoms with Crippen molar-refractivity contribution in [1.29, 1.82) is 0 Å². The summed E-state index contributed by atoms with van der Waals surface area (Å²) in [5.41, 5.74) is 0.626. The van der Waals surface area contributed by atoms with Gasteiger partial charge in [-0.05, 0) is 43.5 Å². The quantitative estimate of drug-likeness (QED) is 0.686. The smallest absolute Gasteiger partial charge is 0.115 e. The first kappa shape index (κ1) is 10.5. The average Bonchev–Trinajstić information content (AvgIpc) is 2.30. The highest BCUT2D eigenvalue weighted by Crippen LogP contribution is 2.31. The van der Waals surface area contributed by atoms with Crippen molar-refractivity contribution >= 4 is 0 Å². The third kappa shape index (κ3) is 1.98. The van der Waals surface area contributed by atoms with Crippen LogP contribution >= 0.6 is 0 Å². The van der Waals surface area contributed by atoms with Crippen LogP contribution in [0.3, 0.4) is 0 Å². The number of phenols is 1. The van der Waals surface area contributed by atoms with Gasteiger partial charge in [-0.15, -0.1) is 0 Å². The first-order valence-electron chi connectivity index (χ1n) is 5.42. The molecule has 1 unspecified atom stereocenters. The van der Waals surface area contributed by atoms with Gasteiger partial charge in [-0.1, -0.05) is 12.1 Å². The van der Waals surface area contributed by atoms with Crippen molar-refractivity contribution in [2.45, 2.75) is 24.8 Å². The number of aliphatic hydroxyl groups is 1. The van der Waals surface area contributed by atoms with E-state index < -0.39 is 0 Å². The average molecular weight is 207 g/mol. The fourth-order valence-electron chi connectivity index (χ4n) is 2.24. The van der Waals surface area contributed by atoms with E-state index in [0.717, 1.165) is 31.4 Å². The highest BCUT2D eigenvalue weighted by atomic mass is 16.3. The van der Waals surface area contributed by atoms with Gasteiger partial charge in [-0.25, -0.2) is 0 Å². The summed E-state index contributed by atoms with van der Waals surface area (Å²) in [7, 11) is 0. The first-order valence-corrected chi connectivity index (χ1v) is 5.42. The van der Waals surface area contributed by atoms with Gasteiger partial charge in [0.05, 0.1) is 12.1 Å². The van der Waals surface area contributed by atoms with Crippen molar-refractivity contribution in [3.8, 4) is 5.75 Å². The van der Waals surface area contributed by atoms with E-state index in [-0.39, 0.29) is 17.9 Å². The molecule has 0 bridgehead atoms. The molecule has 1 aliphatic heterocycles. The van der Waals surface area contributed by atoms with Gasteiger partial charge in [0.1, 0.15) is 5.75 Å². The Morgan fingerprint density at radius 3 is 2.80 bits per heavy atom. The lowest BCUT2D eigenvalue weighted by atomic mass is 9.83. The summed E-state index contributed by atoms with van der Waals surface area (Å²) in [6.07, 6.45) is 3.19.